The number of hydrogen-bond acceptors (Lipinski definition) is 3. The predicted octanol–water partition coefficient (Wildman–Crippen LogP) is 2.97. The van der Waals surface area contributed by atoms with Gasteiger partial charge in [0.15, 0.2) is 0 Å². The zero-order chi connectivity index (χ0) is 14.0. The first-order chi connectivity index (χ1) is 9.02. The third kappa shape index (κ3) is 2.67. The Morgan fingerprint density at radius 2 is 2.00 bits per heavy atom. The average Bonchev–Trinajstić information content (AvgIpc) is 2.83. The smallest absolute Gasteiger partial charge is 0.268 e. The average molecular weight is 290 g/mol. The van der Waals surface area contributed by atoms with E-state index >= 15 is 0 Å². The van der Waals surface area contributed by atoms with Crippen LogP contribution < -0.4 is 10.6 Å². The number of para-hydroxylation sites is 1. The Hall–Kier alpha value is -1.72. The van der Waals surface area contributed by atoms with Gasteiger partial charge in [-0.15, -0.1) is 11.3 Å². The summed E-state index contributed by atoms with van der Waals surface area (Å²) in [5.41, 5.74) is 8.12. The molecule has 2 aromatic rings. The van der Waals surface area contributed by atoms with Gasteiger partial charge >= 0.3 is 0 Å². The Labute approximate surface area is 121 Å². The maximum atomic E-state index is 12.5. The van der Waals surface area contributed by atoms with Gasteiger partial charge in [-0.25, -0.2) is 0 Å². The molecule has 1 amide bonds. The second kappa shape index (κ2) is 5.50. The number of thiophene rings is 1. The number of nitrogens with two attached hydrogens (primary N) is 1. The van der Waals surface area contributed by atoms with Crippen LogP contribution in [0.4, 0.5) is 5.69 Å². The molecule has 0 unspecified atom stereocenters. The fourth-order valence-corrected chi connectivity index (χ4v) is 2.90. The summed E-state index contributed by atoms with van der Waals surface area (Å²) >= 11 is 6.46. The van der Waals surface area contributed by atoms with Crippen molar-refractivity contribution in [2.75, 3.05) is 11.9 Å². The highest BCUT2D eigenvalue weighted by Gasteiger charge is 2.19. The molecule has 0 saturated carbocycles. The molecule has 1 heterocycles. The molecule has 0 spiro atoms. The largest absolute Gasteiger partial charge is 0.389 e. The summed E-state index contributed by atoms with van der Waals surface area (Å²) in [6.07, 6.45) is 0. The van der Waals surface area contributed by atoms with Crippen LogP contribution in [-0.4, -0.2) is 17.9 Å². The maximum Gasteiger partial charge on any atom is 0.268 e. The molecular formula is C14H14N2OS2. The van der Waals surface area contributed by atoms with Gasteiger partial charge in [0.1, 0.15) is 4.99 Å². The van der Waals surface area contributed by atoms with Crippen LogP contribution in [0.1, 0.15) is 20.8 Å². The standard InChI is InChI=1S/C14H14N2OS2/c1-9-7-8-19-12(9)14(17)16(2)11-6-4-3-5-10(11)13(15)18/h3-8H,1-2H3,(H2,15,18). The molecule has 0 aliphatic rings. The van der Waals surface area contributed by atoms with E-state index in [0.717, 1.165) is 16.1 Å². The van der Waals surface area contributed by atoms with Crippen molar-refractivity contribution in [3.63, 3.8) is 0 Å². The fourth-order valence-electron chi connectivity index (χ4n) is 1.83. The van der Waals surface area contributed by atoms with Crippen LogP contribution >= 0.6 is 23.6 Å². The van der Waals surface area contributed by atoms with Gasteiger partial charge in [0, 0.05) is 12.6 Å². The summed E-state index contributed by atoms with van der Waals surface area (Å²) < 4.78 is 0. The van der Waals surface area contributed by atoms with Crippen molar-refractivity contribution < 1.29 is 4.79 Å². The minimum Gasteiger partial charge on any atom is -0.389 e. The number of aryl methyl sites for hydroxylation is 1. The van der Waals surface area contributed by atoms with Crippen molar-refractivity contribution >= 4 is 40.1 Å². The van der Waals surface area contributed by atoms with E-state index < -0.39 is 0 Å². The minimum absolute atomic E-state index is 0.0452. The van der Waals surface area contributed by atoms with Gasteiger partial charge in [-0.3, -0.25) is 4.79 Å². The normalized spacial score (nSPS) is 10.2. The molecule has 2 rings (SSSR count). The number of anilines is 1. The maximum absolute atomic E-state index is 12.5. The highest BCUT2D eigenvalue weighted by molar-refractivity contribution is 7.80. The summed E-state index contributed by atoms with van der Waals surface area (Å²) in [6.45, 7) is 1.93. The van der Waals surface area contributed by atoms with Gasteiger partial charge in [0.25, 0.3) is 5.91 Å². The number of hydrogen-bond donors (Lipinski definition) is 1. The lowest BCUT2D eigenvalue weighted by atomic mass is 10.1. The Balaban J connectivity index is 2.40. The fraction of sp³-hybridized carbons (Fsp3) is 0.143. The van der Waals surface area contributed by atoms with Gasteiger partial charge in [-0.1, -0.05) is 24.4 Å². The van der Waals surface area contributed by atoms with Gasteiger partial charge < -0.3 is 10.6 Å². The number of carbonyl (C=O) groups excluding carboxylic acids is 1. The zero-order valence-electron chi connectivity index (χ0n) is 10.7. The van der Waals surface area contributed by atoms with Crippen molar-refractivity contribution in [3.05, 3.63) is 51.7 Å². The summed E-state index contributed by atoms with van der Waals surface area (Å²) in [7, 11) is 1.73. The number of thiocarbonyl (C=S) groups is 1. The van der Waals surface area contributed by atoms with Crippen molar-refractivity contribution in [2.45, 2.75) is 6.92 Å². The molecule has 1 aromatic heterocycles. The lowest BCUT2D eigenvalue weighted by Gasteiger charge is -2.20. The van der Waals surface area contributed by atoms with E-state index in [2.05, 4.69) is 0 Å². The number of nitrogens with zero attached hydrogens (tertiary/aromatic N) is 1. The van der Waals surface area contributed by atoms with E-state index in [4.69, 9.17) is 18.0 Å². The number of benzene rings is 1. The lowest BCUT2D eigenvalue weighted by Crippen LogP contribution is -2.28. The van der Waals surface area contributed by atoms with Crippen molar-refractivity contribution in [1.82, 2.24) is 0 Å². The van der Waals surface area contributed by atoms with E-state index in [0.29, 0.717) is 5.56 Å². The van der Waals surface area contributed by atoms with Crippen LogP contribution in [0.15, 0.2) is 35.7 Å². The van der Waals surface area contributed by atoms with E-state index in [9.17, 15) is 4.79 Å². The highest BCUT2D eigenvalue weighted by Crippen LogP contribution is 2.24. The van der Waals surface area contributed by atoms with Gasteiger partial charge in [0.05, 0.1) is 10.6 Å². The third-order valence-electron chi connectivity index (χ3n) is 2.89. The van der Waals surface area contributed by atoms with Crippen molar-refractivity contribution in [3.8, 4) is 0 Å². The first kappa shape index (κ1) is 13.7. The lowest BCUT2D eigenvalue weighted by molar-refractivity contribution is 0.0996. The molecule has 98 valence electrons. The Kier molecular flexibility index (Phi) is 3.97. The second-order valence-electron chi connectivity index (χ2n) is 4.18. The van der Waals surface area contributed by atoms with Crippen LogP contribution in [0.2, 0.25) is 0 Å². The SMILES string of the molecule is Cc1ccsc1C(=O)N(C)c1ccccc1C(N)=S. The van der Waals surface area contributed by atoms with Gasteiger partial charge in [0.2, 0.25) is 0 Å². The van der Waals surface area contributed by atoms with Gasteiger partial charge in [-0.2, -0.15) is 0 Å². The monoisotopic (exact) mass is 290 g/mol. The van der Waals surface area contributed by atoms with Crippen LogP contribution in [0.3, 0.4) is 0 Å². The highest BCUT2D eigenvalue weighted by atomic mass is 32.1. The molecule has 0 aliphatic carbocycles. The van der Waals surface area contributed by atoms with Crippen LogP contribution in [0.25, 0.3) is 0 Å². The minimum atomic E-state index is -0.0452. The summed E-state index contributed by atoms with van der Waals surface area (Å²) in [6, 6.07) is 9.32. The molecular weight excluding hydrogens is 276 g/mol. The molecule has 0 saturated heterocycles. The summed E-state index contributed by atoms with van der Waals surface area (Å²) in [4.78, 5) is 15.1. The van der Waals surface area contributed by atoms with Crippen LogP contribution in [0, 0.1) is 6.92 Å². The zero-order valence-corrected chi connectivity index (χ0v) is 12.3. The van der Waals surface area contributed by atoms with Crippen molar-refractivity contribution in [1.29, 1.82) is 0 Å². The van der Waals surface area contributed by atoms with Crippen molar-refractivity contribution in [2.24, 2.45) is 5.73 Å². The summed E-state index contributed by atoms with van der Waals surface area (Å²) in [5.74, 6) is -0.0452. The number of amides is 1. The number of rotatable bonds is 3. The first-order valence-corrected chi connectivity index (χ1v) is 7.02. The molecule has 1 aromatic carbocycles. The van der Waals surface area contributed by atoms with Crippen LogP contribution in [0.5, 0.6) is 0 Å². The quantitative estimate of drug-likeness (QED) is 0.884. The number of carbonyl (C=O) groups is 1. The molecule has 0 atom stereocenters. The Morgan fingerprint density at radius 1 is 1.32 bits per heavy atom. The molecule has 0 bridgehead atoms. The Bertz CT molecular complexity index is 634. The van der Waals surface area contributed by atoms with E-state index in [-0.39, 0.29) is 10.9 Å². The summed E-state index contributed by atoms with van der Waals surface area (Å²) in [5, 5.41) is 1.91. The second-order valence-corrected chi connectivity index (χ2v) is 5.53. The molecule has 2 N–H and O–H groups in total. The molecule has 0 radical (unpaired) electrons. The van der Waals surface area contributed by atoms with Gasteiger partial charge in [-0.05, 0) is 36.1 Å². The molecule has 0 aliphatic heterocycles. The third-order valence-corrected chi connectivity index (χ3v) is 4.12. The van der Waals surface area contributed by atoms with Crippen LogP contribution in [-0.2, 0) is 0 Å². The topological polar surface area (TPSA) is 46.3 Å². The molecule has 3 nitrogen and oxygen atoms in total. The van der Waals surface area contributed by atoms with E-state index in [1.807, 2.05) is 42.6 Å². The van der Waals surface area contributed by atoms with E-state index in [1.165, 1.54) is 11.3 Å². The molecule has 19 heavy (non-hydrogen) atoms. The molecule has 0 fully saturated rings. The molecule has 5 heteroatoms. The predicted molar refractivity (Wildman–Crippen MR) is 84.1 cm³/mol. The van der Waals surface area contributed by atoms with E-state index in [1.54, 1.807) is 11.9 Å². The first-order valence-electron chi connectivity index (χ1n) is 5.73. The Morgan fingerprint density at radius 3 is 2.58 bits per heavy atom.